The fraction of sp³-hybridized carbons (Fsp3) is 0.325. The summed E-state index contributed by atoms with van der Waals surface area (Å²) in [5.41, 5.74) is 7.64. The molecule has 0 radical (unpaired) electrons. The normalized spacial score (nSPS) is 17.1. The number of nitrogens with one attached hydrogen (secondary N) is 2. The van der Waals surface area contributed by atoms with Crippen LogP contribution in [0, 0.1) is 5.82 Å². The lowest BCUT2D eigenvalue weighted by Crippen LogP contribution is -2.53. The molecular formula is C40H44FN3O6. The Bertz CT molecular complexity index is 1760. The first-order valence-corrected chi connectivity index (χ1v) is 16.8. The third kappa shape index (κ3) is 9.55. The quantitative estimate of drug-likeness (QED) is 0.0745. The number of hydrogen-bond acceptors (Lipinski definition) is 8. The number of hydrazine groups is 1. The zero-order valence-electron chi connectivity index (χ0n) is 28.7. The number of carbonyl (C=O) groups is 2. The number of aliphatic imine (C=N–C) groups is 1. The van der Waals surface area contributed by atoms with Gasteiger partial charge in [0.2, 0.25) is 5.90 Å². The van der Waals surface area contributed by atoms with Crippen LogP contribution in [0.1, 0.15) is 62.8 Å². The highest BCUT2D eigenvalue weighted by molar-refractivity contribution is 6.01. The first-order valence-electron chi connectivity index (χ1n) is 16.8. The topological polar surface area (TPSA) is 118 Å². The molecule has 4 aromatic rings. The summed E-state index contributed by atoms with van der Waals surface area (Å²) >= 11 is 0. The van der Waals surface area contributed by atoms with Crippen LogP contribution in [0.2, 0.25) is 0 Å². The summed E-state index contributed by atoms with van der Waals surface area (Å²) < 4.78 is 31.6. The monoisotopic (exact) mass is 681 g/mol. The van der Waals surface area contributed by atoms with Gasteiger partial charge in [0.1, 0.15) is 17.2 Å². The van der Waals surface area contributed by atoms with Crippen molar-refractivity contribution < 1.29 is 33.3 Å². The molecule has 9 nitrogen and oxygen atoms in total. The minimum absolute atomic E-state index is 0.00369. The van der Waals surface area contributed by atoms with Crippen molar-refractivity contribution in [3.8, 4) is 16.9 Å². The van der Waals surface area contributed by atoms with E-state index >= 15 is 0 Å². The Hall–Kier alpha value is -5.06. The predicted octanol–water partition coefficient (Wildman–Crippen LogP) is 6.50. The van der Waals surface area contributed by atoms with Gasteiger partial charge in [0.05, 0.1) is 6.61 Å². The van der Waals surface area contributed by atoms with Crippen molar-refractivity contribution >= 4 is 17.8 Å². The molecule has 0 spiro atoms. The van der Waals surface area contributed by atoms with E-state index in [0.29, 0.717) is 42.9 Å². The van der Waals surface area contributed by atoms with Crippen LogP contribution in [-0.4, -0.2) is 53.8 Å². The Morgan fingerprint density at radius 3 is 2.30 bits per heavy atom. The summed E-state index contributed by atoms with van der Waals surface area (Å²) in [7, 11) is 0. The second-order valence-corrected chi connectivity index (χ2v) is 13.1. The highest BCUT2D eigenvalue weighted by atomic mass is 19.1. The van der Waals surface area contributed by atoms with Gasteiger partial charge in [0.25, 0.3) is 5.91 Å². The number of hydrogen-bond donors (Lipinski definition) is 3. The molecule has 262 valence electrons. The van der Waals surface area contributed by atoms with Crippen molar-refractivity contribution in [1.82, 2.24) is 10.9 Å². The van der Waals surface area contributed by atoms with Crippen molar-refractivity contribution in [3.05, 3.63) is 126 Å². The number of amides is 1. The zero-order chi connectivity index (χ0) is 35.6. The summed E-state index contributed by atoms with van der Waals surface area (Å²) in [6.07, 6.45) is -0.0187. The molecule has 5 rings (SSSR count). The number of aliphatic hydroxyl groups excluding tert-OH is 1. The number of aliphatic hydroxyl groups is 1. The van der Waals surface area contributed by atoms with E-state index in [9.17, 15) is 14.0 Å². The van der Waals surface area contributed by atoms with Crippen LogP contribution < -0.4 is 15.6 Å². The molecule has 0 fully saturated rings. The Morgan fingerprint density at radius 1 is 0.920 bits per heavy atom. The van der Waals surface area contributed by atoms with E-state index in [1.165, 1.54) is 12.1 Å². The largest absolute Gasteiger partial charge is 0.494 e. The maximum Gasteiger partial charge on any atom is 0.306 e. The lowest BCUT2D eigenvalue weighted by molar-refractivity contribution is -0.155. The van der Waals surface area contributed by atoms with Gasteiger partial charge in [-0.2, -0.15) is 0 Å². The summed E-state index contributed by atoms with van der Waals surface area (Å²) in [6.45, 7) is 6.10. The van der Waals surface area contributed by atoms with Gasteiger partial charge in [-0.3, -0.25) is 15.0 Å². The molecule has 2 atom stereocenters. The molecule has 1 heterocycles. The maximum absolute atomic E-state index is 14.4. The van der Waals surface area contributed by atoms with Crippen LogP contribution in [0.4, 0.5) is 4.39 Å². The smallest absolute Gasteiger partial charge is 0.306 e. The SMILES string of the molecule is CC(C)(C)OC(=O)CC[C@]1(C(=O)NNCCc2cccc(F)c2)N=C(c2ccc(OCCCO)cc2)O[C@H]1c1ccc(-c2ccccc2)cc1. The van der Waals surface area contributed by atoms with E-state index in [1.54, 1.807) is 51.1 Å². The van der Waals surface area contributed by atoms with Crippen LogP contribution in [0.5, 0.6) is 5.75 Å². The van der Waals surface area contributed by atoms with Crippen molar-refractivity contribution in [3.63, 3.8) is 0 Å². The lowest BCUT2D eigenvalue weighted by Gasteiger charge is -2.31. The number of ether oxygens (including phenoxy) is 3. The van der Waals surface area contributed by atoms with E-state index in [4.69, 9.17) is 24.3 Å². The average Bonchev–Trinajstić information content (AvgIpc) is 3.50. The van der Waals surface area contributed by atoms with Gasteiger partial charge in [0.15, 0.2) is 11.6 Å². The molecule has 4 aromatic carbocycles. The van der Waals surface area contributed by atoms with Gasteiger partial charge >= 0.3 is 5.97 Å². The summed E-state index contributed by atoms with van der Waals surface area (Å²) in [5, 5.41) is 9.09. The molecule has 0 saturated carbocycles. The minimum atomic E-state index is -1.57. The molecule has 0 aliphatic carbocycles. The molecule has 1 aliphatic heterocycles. The minimum Gasteiger partial charge on any atom is -0.494 e. The van der Waals surface area contributed by atoms with Crippen LogP contribution in [0.15, 0.2) is 108 Å². The van der Waals surface area contributed by atoms with Gasteiger partial charge in [-0.15, -0.1) is 0 Å². The lowest BCUT2D eigenvalue weighted by atomic mass is 9.83. The average molecular weight is 682 g/mol. The molecule has 0 bridgehead atoms. The highest BCUT2D eigenvalue weighted by Gasteiger charge is 2.53. The van der Waals surface area contributed by atoms with Crippen molar-refractivity contribution in [2.45, 2.75) is 63.7 Å². The van der Waals surface area contributed by atoms with Gasteiger partial charge in [-0.25, -0.2) is 14.8 Å². The zero-order valence-corrected chi connectivity index (χ0v) is 28.7. The third-order valence-electron chi connectivity index (χ3n) is 8.11. The number of benzene rings is 4. The van der Waals surface area contributed by atoms with Gasteiger partial charge < -0.3 is 19.3 Å². The van der Waals surface area contributed by atoms with Gasteiger partial charge in [0, 0.05) is 31.6 Å². The fourth-order valence-corrected chi connectivity index (χ4v) is 5.69. The molecule has 1 aliphatic rings. The molecule has 3 N–H and O–H groups in total. The highest BCUT2D eigenvalue weighted by Crippen LogP contribution is 2.44. The van der Waals surface area contributed by atoms with E-state index in [2.05, 4.69) is 10.9 Å². The second kappa shape index (κ2) is 16.6. The Morgan fingerprint density at radius 2 is 1.62 bits per heavy atom. The summed E-state index contributed by atoms with van der Waals surface area (Å²) in [5.74, 6) is -0.428. The standard InChI is InChI=1S/C40H44FN3O6/c1-39(2,3)50-35(46)21-23-40(38(47)44-42-24-22-28-9-7-12-33(41)27-28)36(31-15-13-30(14-16-31)29-10-5-4-6-11-29)49-37(43-40)32-17-19-34(20-18-32)48-26-8-25-45/h4-7,9-20,27,36,42,45H,8,21-26H2,1-3H3,(H,44,47)/t36-,40-/m0/s1. The van der Waals surface area contributed by atoms with E-state index in [0.717, 1.165) is 16.7 Å². The van der Waals surface area contributed by atoms with E-state index < -0.39 is 29.1 Å². The van der Waals surface area contributed by atoms with Crippen molar-refractivity contribution in [1.29, 1.82) is 0 Å². The second-order valence-electron chi connectivity index (χ2n) is 13.1. The number of carbonyl (C=O) groups excluding carboxylic acids is 2. The Balaban J connectivity index is 1.47. The summed E-state index contributed by atoms with van der Waals surface area (Å²) in [4.78, 5) is 32.4. The molecule has 0 aromatic heterocycles. The number of nitrogens with zero attached hydrogens (tertiary/aromatic N) is 1. The fourth-order valence-electron chi connectivity index (χ4n) is 5.69. The Kier molecular flexibility index (Phi) is 12.0. The first-order chi connectivity index (χ1) is 24.1. The van der Waals surface area contributed by atoms with Crippen LogP contribution in [0.25, 0.3) is 11.1 Å². The number of rotatable bonds is 15. The van der Waals surface area contributed by atoms with Gasteiger partial charge in [-0.1, -0.05) is 66.7 Å². The number of halogens is 1. The first kappa shape index (κ1) is 36.2. The predicted molar refractivity (Wildman–Crippen MR) is 190 cm³/mol. The van der Waals surface area contributed by atoms with Crippen molar-refractivity contribution in [2.24, 2.45) is 4.99 Å². The van der Waals surface area contributed by atoms with Crippen LogP contribution in [0.3, 0.4) is 0 Å². The number of esters is 1. The van der Waals surface area contributed by atoms with E-state index in [-0.39, 0.29) is 31.2 Å². The van der Waals surface area contributed by atoms with Gasteiger partial charge in [-0.05, 0) is 92.3 Å². The Labute approximate surface area is 292 Å². The van der Waals surface area contributed by atoms with Crippen molar-refractivity contribution in [2.75, 3.05) is 19.8 Å². The third-order valence-corrected chi connectivity index (χ3v) is 8.11. The molecule has 0 unspecified atom stereocenters. The molecule has 50 heavy (non-hydrogen) atoms. The molecule has 10 heteroatoms. The van der Waals surface area contributed by atoms with E-state index in [1.807, 2.05) is 60.7 Å². The van der Waals surface area contributed by atoms with Crippen LogP contribution in [-0.2, 0) is 25.5 Å². The molecule has 0 saturated heterocycles. The summed E-state index contributed by atoms with van der Waals surface area (Å²) in [6, 6.07) is 31.1. The maximum atomic E-state index is 14.4. The van der Waals surface area contributed by atoms with Crippen LogP contribution >= 0.6 is 0 Å². The molecular weight excluding hydrogens is 637 g/mol. The molecule has 1 amide bonds.